The number of rotatable bonds is 2. The van der Waals surface area contributed by atoms with E-state index in [1.165, 1.54) is 0 Å². The summed E-state index contributed by atoms with van der Waals surface area (Å²) in [5, 5.41) is 0. The van der Waals surface area contributed by atoms with Gasteiger partial charge in [0, 0.05) is 5.56 Å². The lowest BCUT2D eigenvalue weighted by atomic mass is 9.74. The molecule has 0 aromatic heterocycles. The summed E-state index contributed by atoms with van der Waals surface area (Å²) in [5.74, 6) is 1.24. The van der Waals surface area contributed by atoms with Crippen LogP contribution in [0.1, 0.15) is 45.2 Å². The summed E-state index contributed by atoms with van der Waals surface area (Å²) in [6.45, 7) is 12.1. The van der Waals surface area contributed by atoms with Gasteiger partial charge < -0.3 is 9.47 Å². The molecule has 0 N–H and O–H groups in total. The Balaban J connectivity index is 1.99. The summed E-state index contributed by atoms with van der Waals surface area (Å²) < 4.78 is 11.8. The molecule has 2 heterocycles. The smallest absolute Gasteiger partial charge is 0.315 e. The third-order valence-electron chi connectivity index (χ3n) is 5.00. The van der Waals surface area contributed by atoms with Crippen LogP contribution in [-0.4, -0.2) is 11.6 Å². The first-order valence-corrected chi connectivity index (χ1v) is 7.92. The minimum atomic E-state index is -0.275. The molecule has 3 heteroatoms. The number of hydrogen-bond acceptors (Lipinski definition) is 3. The van der Waals surface area contributed by atoms with Gasteiger partial charge in [-0.1, -0.05) is 26.0 Å². The monoisotopic (exact) mass is 300 g/mol. The van der Waals surface area contributed by atoms with E-state index in [4.69, 9.17) is 9.47 Å². The van der Waals surface area contributed by atoms with Crippen LogP contribution in [0.15, 0.2) is 24.8 Å². The zero-order valence-electron chi connectivity index (χ0n) is 13.9. The molecule has 0 spiro atoms. The predicted molar refractivity (Wildman–Crippen MR) is 86.3 cm³/mol. The van der Waals surface area contributed by atoms with Crippen molar-refractivity contribution in [3.8, 4) is 11.5 Å². The molecule has 22 heavy (non-hydrogen) atoms. The summed E-state index contributed by atoms with van der Waals surface area (Å²) in [6, 6.07) is 4.06. The van der Waals surface area contributed by atoms with Crippen molar-refractivity contribution in [2.24, 2.45) is 11.3 Å². The number of hydrogen-bond donors (Lipinski definition) is 0. The van der Waals surface area contributed by atoms with E-state index in [1.54, 1.807) is 0 Å². The van der Waals surface area contributed by atoms with Gasteiger partial charge in [0.1, 0.15) is 17.1 Å². The van der Waals surface area contributed by atoms with Crippen molar-refractivity contribution in [2.45, 2.75) is 52.6 Å². The number of ether oxygens (including phenoxy) is 2. The van der Waals surface area contributed by atoms with Gasteiger partial charge in [0.2, 0.25) is 0 Å². The molecule has 1 aromatic rings. The maximum Gasteiger partial charge on any atom is 0.315 e. The quantitative estimate of drug-likeness (QED) is 0.469. The number of allylic oxidation sites excluding steroid dienone is 1. The molecule has 3 nitrogen and oxygen atoms in total. The van der Waals surface area contributed by atoms with Crippen LogP contribution in [0.5, 0.6) is 11.5 Å². The van der Waals surface area contributed by atoms with Gasteiger partial charge in [0.25, 0.3) is 0 Å². The molecule has 1 aromatic carbocycles. The zero-order valence-corrected chi connectivity index (χ0v) is 13.9. The number of carbonyl (C=O) groups excluding carboxylic acids is 1. The largest absolute Gasteiger partial charge is 0.487 e. The van der Waals surface area contributed by atoms with Gasteiger partial charge in [-0.15, -0.1) is 6.58 Å². The van der Waals surface area contributed by atoms with Crippen molar-refractivity contribution in [3.63, 3.8) is 0 Å². The van der Waals surface area contributed by atoms with Gasteiger partial charge >= 0.3 is 5.97 Å². The third-order valence-corrected chi connectivity index (χ3v) is 5.00. The molecule has 118 valence electrons. The second kappa shape index (κ2) is 4.87. The van der Waals surface area contributed by atoms with E-state index in [1.807, 2.05) is 32.1 Å². The van der Waals surface area contributed by atoms with Crippen LogP contribution in [0.4, 0.5) is 0 Å². The predicted octanol–water partition coefficient (Wildman–Crippen LogP) is 4.08. The highest BCUT2D eigenvalue weighted by molar-refractivity contribution is 5.80. The van der Waals surface area contributed by atoms with Crippen LogP contribution >= 0.6 is 0 Å². The maximum atomic E-state index is 12.5. The topological polar surface area (TPSA) is 35.5 Å². The van der Waals surface area contributed by atoms with Crippen LogP contribution in [0.2, 0.25) is 0 Å². The van der Waals surface area contributed by atoms with Crippen molar-refractivity contribution in [2.75, 3.05) is 0 Å². The minimum absolute atomic E-state index is 0.157. The average Bonchev–Trinajstić information content (AvgIpc) is 2.45. The molecule has 0 aliphatic carbocycles. The van der Waals surface area contributed by atoms with Crippen molar-refractivity contribution in [3.05, 3.63) is 35.9 Å². The number of fused-ring (bicyclic) bond motifs is 3. The van der Waals surface area contributed by atoms with E-state index in [2.05, 4.69) is 20.4 Å². The first-order valence-electron chi connectivity index (χ1n) is 7.92. The lowest BCUT2D eigenvalue weighted by Crippen LogP contribution is -2.38. The molecule has 1 unspecified atom stereocenters. The second-order valence-corrected chi connectivity index (χ2v) is 7.60. The molecule has 0 fully saturated rings. The Labute approximate surface area is 132 Å². The number of esters is 1. The Morgan fingerprint density at radius 1 is 1.36 bits per heavy atom. The second-order valence-electron chi connectivity index (χ2n) is 7.60. The Hall–Kier alpha value is -1.77. The highest BCUT2D eigenvalue weighted by Crippen LogP contribution is 2.45. The Bertz CT molecular complexity index is 640. The summed E-state index contributed by atoms with van der Waals surface area (Å²) in [7, 11) is 0. The van der Waals surface area contributed by atoms with Gasteiger partial charge in [0.05, 0.1) is 5.92 Å². The highest BCUT2D eigenvalue weighted by Gasteiger charge is 2.40. The van der Waals surface area contributed by atoms with E-state index in [9.17, 15) is 4.79 Å². The fourth-order valence-corrected chi connectivity index (χ4v) is 3.24. The van der Waals surface area contributed by atoms with Crippen molar-refractivity contribution in [1.29, 1.82) is 0 Å². The summed E-state index contributed by atoms with van der Waals surface area (Å²) >= 11 is 0. The first kappa shape index (κ1) is 15.1. The van der Waals surface area contributed by atoms with Crippen molar-refractivity contribution in [1.82, 2.24) is 0 Å². The van der Waals surface area contributed by atoms with Gasteiger partial charge in [-0.25, -0.2) is 0 Å². The minimum Gasteiger partial charge on any atom is -0.487 e. The first-order chi connectivity index (χ1) is 10.2. The van der Waals surface area contributed by atoms with Gasteiger partial charge in [-0.3, -0.25) is 4.79 Å². The Kier molecular flexibility index (Phi) is 3.35. The molecule has 3 rings (SSSR count). The van der Waals surface area contributed by atoms with E-state index in [-0.39, 0.29) is 22.9 Å². The molecule has 1 atom stereocenters. The summed E-state index contributed by atoms with van der Waals surface area (Å²) in [5.41, 5.74) is 1.71. The van der Waals surface area contributed by atoms with Crippen LogP contribution in [0.3, 0.4) is 0 Å². The van der Waals surface area contributed by atoms with Crippen LogP contribution < -0.4 is 9.47 Å². The van der Waals surface area contributed by atoms with E-state index >= 15 is 0 Å². The lowest BCUT2D eigenvalue weighted by Gasteiger charge is -2.37. The fourth-order valence-electron chi connectivity index (χ4n) is 3.24. The lowest BCUT2D eigenvalue weighted by molar-refractivity contribution is -0.143. The molecule has 2 aliphatic heterocycles. The SMILES string of the molecule is C=CC(C)(C)C1Cc2ccc3c(c2OC1=O)CCC(C)(C)O3. The van der Waals surface area contributed by atoms with Gasteiger partial charge in [-0.2, -0.15) is 0 Å². The molecule has 0 saturated heterocycles. The molecule has 2 aliphatic rings. The summed E-state index contributed by atoms with van der Waals surface area (Å²) in [4.78, 5) is 12.5. The van der Waals surface area contributed by atoms with Crippen LogP contribution in [0.25, 0.3) is 0 Å². The highest BCUT2D eigenvalue weighted by atomic mass is 16.5. The maximum absolute atomic E-state index is 12.5. The van der Waals surface area contributed by atoms with E-state index in [0.29, 0.717) is 6.42 Å². The molecular formula is C19H24O3. The molecule has 0 bridgehead atoms. The van der Waals surface area contributed by atoms with Crippen molar-refractivity contribution < 1.29 is 14.3 Å². The summed E-state index contributed by atoms with van der Waals surface area (Å²) in [6.07, 6.45) is 4.35. The van der Waals surface area contributed by atoms with E-state index < -0.39 is 0 Å². The third kappa shape index (κ3) is 2.43. The molecule has 0 amide bonds. The van der Waals surface area contributed by atoms with Crippen molar-refractivity contribution >= 4 is 5.97 Å². The fraction of sp³-hybridized carbons (Fsp3) is 0.526. The normalized spacial score (nSPS) is 22.9. The van der Waals surface area contributed by atoms with Crippen LogP contribution in [0, 0.1) is 11.3 Å². The Morgan fingerprint density at radius 2 is 2.09 bits per heavy atom. The molecule has 0 radical (unpaired) electrons. The van der Waals surface area contributed by atoms with Gasteiger partial charge in [0.15, 0.2) is 0 Å². The Morgan fingerprint density at radius 3 is 2.77 bits per heavy atom. The zero-order chi connectivity index (χ0) is 16.1. The standard InChI is InChI=1S/C19H24O3/c1-6-18(2,3)14-11-12-7-8-15-13(16(12)21-17(14)20)9-10-19(4,5)22-15/h6-8,14H,1,9-11H2,2-5H3. The number of benzene rings is 1. The van der Waals surface area contributed by atoms with E-state index in [0.717, 1.165) is 35.5 Å². The molecule has 0 saturated carbocycles. The van der Waals surface area contributed by atoms with Gasteiger partial charge in [-0.05, 0) is 50.2 Å². The number of carbonyl (C=O) groups is 1. The molecular weight excluding hydrogens is 276 g/mol. The van der Waals surface area contributed by atoms with Crippen LogP contribution in [-0.2, 0) is 17.6 Å². The average molecular weight is 300 g/mol.